The quantitative estimate of drug-likeness (QED) is 0.310. The summed E-state index contributed by atoms with van der Waals surface area (Å²) in [5.74, 6) is 0. The summed E-state index contributed by atoms with van der Waals surface area (Å²) < 4.78 is 86.2. The molecule has 2 aromatic heterocycles. The van der Waals surface area contributed by atoms with Crippen LogP contribution >= 0.6 is 0 Å². The van der Waals surface area contributed by atoms with Gasteiger partial charge in [0.25, 0.3) is 0 Å². The van der Waals surface area contributed by atoms with Crippen molar-refractivity contribution in [2.24, 2.45) is 0 Å². The van der Waals surface area contributed by atoms with Crippen molar-refractivity contribution >= 4 is 0 Å². The van der Waals surface area contributed by atoms with Crippen molar-refractivity contribution < 1.29 is 56.6 Å². The van der Waals surface area contributed by atoms with Crippen LogP contribution in [0, 0.1) is 20.0 Å². The largest absolute Gasteiger partial charge is 0.385 e. The Kier molecular flexibility index (Phi) is 20.8. The summed E-state index contributed by atoms with van der Waals surface area (Å²) in [6.07, 6.45) is 3.54. The zero-order valence-electron chi connectivity index (χ0n) is 11.7. The Balaban J connectivity index is -0.000000314. The van der Waals surface area contributed by atoms with E-state index in [0.29, 0.717) is 0 Å². The molecular weight excluding hydrogens is 419 g/mol. The standard InChI is InChI=1S/C10H8N2.3CF3.Cu/c1-3-7-11-9(5-1)10-6-2-4-8-12-10;3*2-1(3)4;/h1-8H;;;;/q;3*-1;. The molecule has 0 spiro atoms. The molecule has 2 aromatic rings. The van der Waals surface area contributed by atoms with E-state index < -0.39 is 20.0 Å². The predicted octanol–water partition coefficient (Wildman–Crippen LogP) is 6.17. The zero-order chi connectivity index (χ0) is 19.0. The van der Waals surface area contributed by atoms with Crippen LogP contribution in [0.4, 0.5) is 39.5 Å². The maximum Gasteiger partial charge on any atom is 0.154 e. The fraction of sp³-hybridized carbons (Fsp3) is 0. The second-order valence-corrected chi connectivity index (χ2v) is 3.07. The zero-order valence-corrected chi connectivity index (χ0v) is 12.7. The molecule has 0 saturated carbocycles. The minimum Gasteiger partial charge on any atom is -0.385 e. The van der Waals surface area contributed by atoms with Crippen LogP contribution < -0.4 is 0 Å². The van der Waals surface area contributed by atoms with E-state index >= 15 is 0 Å². The molecule has 2 heterocycles. The second-order valence-electron chi connectivity index (χ2n) is 3.07. The molecule has 0 saturated heterocycles. The summed E-state index contributed by atoms with van der Waals surface area (Å²) in [4.78, 5) is 8.37. The average Bonchev–Trinajstić information content (AvgIpc) is 2.47. The maximum atomic E-state index is 9.58. The van der Waals surface area contributed by atoms with Crippen LogP contribution in [0.25, 0.3) is 11.4 Å². The number of aromatic nitrogens is 2. The second kappa shape index (κ2) is 18.5. The van der Waals surface area contributed by atoms with Crippen molar-refractivity contribution in [3.8, 4) is 11.4 Å². The number of pyridine rings is 2. The van der Waals surface area contributed by atoms with Crippen LogP contribution in [0.2, 0.25) is 0 Å². The van der Waals surface area contributed by atoms with Gasteiger partial charge in [0.1, 0.15) is 0 Å². The van der Waals surface area contributed by atoms with Gasteiger partial charge in [-0.15, -0.1) is 0 Å². The van der Waals surface area contributed by atoms with Crippen LogP contribution in [0.1, 0.15) is 0 Å². The van der Waals surface area contributed by atoms with Crippen LogP contribution in [0.15, 0.2) is 48.8 Å². The van der Waals surface area contributed by atoms with E-state index in [1.165, 1.54) is 0 Å². The summed E-state index contributed by atoms with van der Waals surface area (Å²) in [5, 5.41) is 0. The molecule has 25 heavy (non-hydrogen) atoms. The van der Waals surface area contributed by atoms with E-state index in [1.54, 1.807) is 12.4 Å². The summed E-state index contributed by atoms with van der Waals surface area (Å²) >= 11 is 0. The topological polar surface area (TPSA) is 25.8 Å². The van der Waals surface area contributed by atoms with Gasteiger partial charge >= 0.3 is 0 Å². The van der Waals surface area contributed by atoms with E-state index in [1.807, 2.05) is 36.4 Å². The van der Waals surface area contributed by atoms with Crippen molar-refractivity contribution in [1.82, 2.24) is 9.97 Å². The molecular formula is C13H8CuF9N2-3. The third kappa shape index (κ3) is 27.3. The Hall–Kier alpha value is -1.81. The Morgan fingerprint density at radius 1 is 0.520 bits per heavy atom. The average molecular weight is 427 g/mol. The van der Waals surface area contributed by atoms with Gasteiger partial charge in [0.2, 0.25) is 0 Å². The molecule has 0 aliphatic carbocycles. The van der Waals surface area contributed by atoms with Crippen LogP contribution in [0.3, 0.4) is 0 Å². The normalized spacial score (nSPS) is 8.96. The van der Waals surface area contributed by atoms with Gasteiger partial charge in [-0.1, -0.05) is 12.1 Å². The molecule has 0 N–H and O–H groups in total. The fourth-order valence-corrected chi connectivity index (χ4v) is 1.03. The smallest absolute Gasteiger partial charge is 0.154 e. The first kappa shape index (κ1) is 28.0. The molecule has 2 nitrogen and oxygen atoms in total. The fourth-order valence-electron chi connectivity index (χ4n) is 1.03. The molecule has 0 bridgehead atoms. The van der Waals surface area contributed by atoms with E-state index in [9.17, 15) is 39.5 Å². The van der Waals surface area contributed by atoms with Crippen molar-refractivity contribution in [1.29, 1.82) is 0 Å². The summed E-state index contributed by atoms with van der Waals surface area (Å²) in [6, 6.07) is 11.6. The van der Waals surface area contributed by atoms with Gasteiger partial charge in [0.15, 0.2) is 20.0 Å². The van der Waals surface area contributed by atoms with Crippen LogP contribution in [0.5, 0.6) is 0 Å². The first-order valence-electron chi connectivity index (χ1n) is 5.49. The Labute approximate surface area is 147 Å². The van der Waals surface area contributed by atoms with Crippen molar-refractivity contribution in [2.45, 2.75) is 0 Å². The summed E-state index contributed by atoms with van der Waals surface area (Å²) in [6.45, 7) is -9.25. The first-order valence-corrected chi connectivity index (χ1v) is 5.49. The molecule has 12 heteroatoms. The predicted molar refractivity (Wildman–Crippen MR) is 67.2 cm³/mol. The molecule has 0 unspecified atom stereocenters. The van der Waals surface area contributed by atoms with E-state index in [4.69, 9.17) is 0 Å². The first-order chi connectivity index (χ1) is 11.2. The van der Waals surface area contributed by atoms with Gasteiger partial charge in [0.05, 0.1) is 11.4 Å². The molecule has 0 aromatic carbocycles. The summed E-state index contributed by atoms with van der Waals surface area (Å²) in [7, 11) is 0. The van der Waals surface area contributed by atoms with E-state index in [0.717, 1.165) is 11.4 Å². The van der Waals surface area contributed by atoms with Gasteiger partial charge in [-0.25, -0.2) is 0 Å². The maximum absolute atomic E-state index is 9.58. The molecule has 0 amide bonds. The van der Waals surface area contributed by atoms with E-state index in [2.05, 4.69) is 9.97 Å². The molecule has 2 rings (SSSR count). The number of hydrogen-bond donors (Lipinski definition) is 0. The Morgan fingerprint density at radius 3 is 0.920 bits per heavy atom. The molecule has 147 valence electrons. The third-order valence-corrected chi connectivity index (χ3v) is 1.59. The number of nitrogens with zero attached hydrogens (tertiary/aromatic N) is 2. The van der Waals surface area contributed by atoms with E-state index in [-0.39, 0.29) is 17.1 Å². The monoisotopic (exact) mass is 426 g/mol. The molecule has 1 radical (unpaired) electrons. The van der Waals surface area contributed by atoms with Crippen LogP contribution in [-0.2, 0) is 17.1 Å². The number of halogens is 9. The third-order valence-electron chi connectivity index (χ3n) is 1.59. The van der Waals surface area contributed by atoms with Crippen molar-refractivity contribution in [2.75, 3.05) is 0 Å². The molecule has 0 fully saturated rings. The molecule has 0 atom stereocenters. The van der Waals surface area contributed by atoms with Gasteiger partial charge in [0, 0.05) is 29.5 Å². The minimum atomic E-state index is -3.08. The van der Waals surface area contributed by atoms with Crippen LogP contribution in [-0.4, -0.2) is 9.97 Å². The van der Waals surface area contributed by atoms with Gasteiger partial charge < -0.3 is 39.5 Å². The van der Waals surface area contributed by atoms with Crippen molar-refractivity contribution in [3.63, 3.8) is 0 Å². The SMILES string of the molecule is F[C-](F)F.F[C-](F)F.F[C-](F)F.[Cu].c1ccc(-c2ccccn2)nc1. The van der Waals surface area contributed by atoms with Crippen molar-refractivity contribution in [3.05, 3.63) is 68.8 Å². The van der Waals surface area contributed by atoms with Gasteiger partial charge in [-0.05, 0) is 24.3 Å². The number of rotatable bonds is 1. The Morgan fingerprint density at radius 2 is 0.760 bits per heavy atom. The summed E-state index contributed by atoms with van der Waals surface area (Å²) in [5.41, 5.74) is 1.83. The molecule has 0 aliphatic heterocycles. The number of hydrogen-bond acceptors (Lipinski definition) is 2. The minimum absolute atomic E-state index is 0. The van der Waals surface area contributed by atoms with Gasteiger partial charge in [-0.2, -0.15) is 0 Å². The van der Waals surface area contributed by atoms with Gasteiger partial charge in [-0.3, -0.25) is 9.97 Å². The molecule has 0 aliphatic rings. The Bertz CT molecular complexity index is 429.